The second-order valence-electron chi connectivity index (χ2n) is 4.89. The molecular weight excluding hydrogens is 284 g/mol. The second-order valence-corrected chi connectivity index (χ2v) is 6.44. The van der Waals surface area contributed by atoms with Gasteiger partial charge in [0.05, 0.1) is 10.0 Å². The number of thioether (sulfide) groups is 1. The molecule has 104 valence electrons. The first-order chi connectivity index (χ1) is 9.02. The lowest BCUT2D eigenvalue weighted by molar-refractivity contribution is -0.144. The summed E-state index contributed by atoms with van der Waals surface area (Å²) < 4.78 is 0. The zero-order valence-corrected chi connectivity index (χ0v) is 12.1. The Morgan fingerprint density at radius 3 is 3.05 bits per heavy atom. The molecule has 2 unspecified atom stereocenters. The van der Waals surface area contributed by atoms with Gasteiger partial charge in [-0.25, -0.2) is 4.98 Å². The van der Waals surface area contributed by atoms with E-state index in [1.54, 1.807) is 24.0 Å². The van der Waals surface area contributed by atoms with Crippen LogP contribution in [0.2, 0.25) is 5.02 Å². The fourth-order valence-corrected chi connectivity index (χ4v) is 3.55. The molecule has 0 bridgehead atoms. The minimum absolute atomic E-state index is 0.0600. The molecular formula is C13H17ClN2O2S. The van der Waals surface area contributed by atoms with E-state index in [4.69, 9.17) is 17.3 Å². The molecule has 0 aliphatic heterocycles. The number of carbonyl (C=O) groups is 1. The maximum absolute atomic E-state index is 11.2. The minimum atomic E-state index is -1.03. The summed E-state index contributed by atoms with van der Waals surface area (Å²) in [6.07, 6.45) is 4.80. The molecule has 0 saturated heterocycles. The van der Waals surface area contributed by atoms with Gasteiger partial charge in [-0.15, -0.1) is 11.8 Å². The summed E-state index contributed by atoms with van der Waals surface area (Å²) in [5.74, 6) is 0.0142. The van der Waals surface area contributed by atoms with Crippen LogP contribution in [-0.2, 0) is 4.79 Å². The summed E-state index contributed by atoms with van der Waals surface area (Å²) in [6, 6.07) is 3.67. The number of carboxylic acids is 1. The fraction of sp³-hybridized carbons (Fsp3) is 0.538. The number of nitrogens with zero attached hydrogens (tertiary/aromatic N) is 1. The van der Waals surface area contributed by atoms with Gasteiger partial charge < -0.3 is 10.8 Å². The summed E-state index contributed by atoms with van der Waals surface area (Å²) in [5, 5.41) is 10.8. The Hall–Kier alpha value is -0.780. The van der Waals surface area contributed by atoms with Crippen molar-refractivity contribution in [2.75, 3.05) is 5.75 Å². The van der Waals surface area contributed by atoms with Crippen LogP contribution in [0.15, 0.2) is 23.4 Å². The van der Waals surface area contributed by atoms with Gasteiger partial charge in [0.25, 0.3) is 0 Å². The maximum Gasteiger partial charge on any atom is 0.323 e. The molecule has 0 aromatic carbocycles. The van der Waals surface area contributed by atoms with E-state index >= 15 is 0 Å². The lowest BCUT2D eigenvalue weighted by atomic mass is 9.86. The molecule has 0 amide bonds. The summed E-state index contributed by atoms with van der Waals surface area (Å²) in [7, 11) is 0. The van der Waals surface area contributed by atoms with E-state index in [1.165, 1.54) is 0 Å². The van der Waals surface area contributed by atoms with Crippen molar-refractivity contribution in [3.8, 4) is 0 Å². The van der Waals surface area contributed by atoms with Gasteiger partial charge >= 0.3 is 5.97 Å². The molecule has 2 rings (SSSR count). The largest absolute Gasteiger partial charge is 0.480 e. The average molecular weight is 301 g/mol. The summed E-state index contributed by atoms with van der Waals surface area (Å²) in [4.78, 5) is 15.4. The Labute approximate surface area is 121 Å². The van der Waals surface area contributed by atoms with Gasteiger partial charge in [-0.3, -0.25) is 4.79 Å². The van der Waals surface area contributed by atoms with E-state index in [0.717, 1.165) is 30.0 Å². The highest BCUT2D eigenvalue weighted by Crippen LogP contribution is 2.37. The van der Waals surface area contributed by atoms with Gasteiger partial charge in [0.15, 0.2) is 0 Å². The quantitative estimate of drug-likeness (QED) is 0.818. The molecule has 2 atom stereocenters. The van der Waals surface area contributed by atoms with Crippen LogP contribution >= 0.6 is 23.4 Å². The predicted molar refractivity (Wildman–Crippen MR) is 76.5 cm³/mol. The van der Waals surface area contributed by atoms with Crippen molar-refractivity contribution in [2.45, 2.75) is 36.2 Å². The summed E-state index contributed by atoms with van der Waals surface area (Å²) in [6.45, 7) is 0. The van der Waals surface area contributed by atoms with Gasteiger partial charge in [0.2, 0.25) is 0 Å². The summed E-state index contributed by atoms with van der Waals surface area (Å²) in [5.41, 5.74) is 4.97. The molecule has 4 nitrogen and oxygen atoms in total. The van der Waals surface area contributed by atoms with Crippen LogP contribution in [0.25, 0.3) is 0 Å². The molecule has 1 aliphatic rings. The molecule has 1 fully saturated rings. The van der Waals surface area contributed by atoms with E-state index in [-0.39, 0.29) is 5.92 Å². The van der Waals surface area contributed by atoms with Crippen molar-refractivity contribution < 1.29 is 9.90 Å². The lowest BCUT2D eigenvalue weighted by Gasteiger charge is -2.26. The monoisotopic (exact) mass is 300 g/mol. The number of carboxylic acid groups (broad SMARTS) is 1. The van der Waals surface area contributed by atoms with Crippen LogP contribution in [0.4, 0.5) is 0 Å². The average Bonchev–Trinajstić information content (AvgIpc) is 2.75. The van der Waals surface area contributed by atoms with Gasteiger partial charge in [-0.1, -0.05) is 18.0 Å². The standard InChI is InChI=1S/C13H17ClN2O2S/c14-10-3-4-11(16-8-10)19-7-5-9-2-1-6-13(9,15)12(17)18/h3-4,8-9H,1-2,5-7,15H2,(H,17,18). The first-order valence-electron chi connectivity index (χ1n) is 6.29. The van der Waals surface area contributed by atoms with Crippen molar-refractivity contribution in [3.63, 3.8) is 0 Å². The molecule has 19 heavy (non-hydrogen) atoms. The third-order valence-corrected chi connectivity index (χ3v) is 4.89. The Morgan fingerprint density at radius 2 is 2.42 bits per heavy atom. The number of pyridine rings is 1. The Bertz CT molecular complexity index is 454. The number of nitrogens with two attached hydrogens (primary N) is 1. The van der Waals surface area contributed by atoms with Gasteiger partial charge in [0.1, 0.15) is 5.54 Å². The highest BCUT2D eigenvalue weighted by atomic mass is 35.5. The third kappa shape index (κ3) is 3.41. The molecule has 1 heterocycles. The number of rotatable bonds is 5. The van der Waals surface area contributed by atoms with Crippen LogP contribution < -0.4 is 5.73 Å². The molecule has 1 aromatic rings. The van der Waals surface area contributed by atoms with Crippen LogP contribution in [0.5, 0.6) is 0 Å². The van der Waals surface area contributed by atoms with Crippen LogP contribution in [-0.4, -0.2) is 27.4 Å². The topological polar surface area (TPSA) is 76.2 Å². The highest BCUT2D eigenvalue weighted by Gasteiger charge is 2.45. The highest BCUT2D eigenvalue weighted by molar-refractivity contribution is 7.99. The normalized spacial score (nSPS) is 26.5. The fourth-order valence-electron chi connectivity index (χ4n) is 2.54. The smallest absolute Gasteiger partial charge is 0.323 e. The van der Waals surface area contributed by atoms with E-state index in [1.807, 2.05) is 6.07 Å². The van der Waals surface area contributed by atoms with Crippen molar-refractivity contribution in [3.05, 3.63) is 23.4 Å². The van der Waals surface area contributed by atoms with Crippen molar-refractivity contribution >= 4 is 29.3 Å². The second kappa shape index (κ2) is 6.11. The van der Waals surface area contributed by atoms with Crippen LogP contribution in [0, 0.1) is 5.92 Å². The number of halogens is 1. The Kier molecular flexibility index (Phi) is 4.71. The molecule has 3 N–H and O–H groups in total. The Morgan fingerprint density at radius 1 is 1.63 bits per heavy atom. The zero-order chi connectivity index (χ0) is 13.9. The summed E-state index contributed by atoms with van der Waals surface area (Å²) >= 11 is 7.38. The number of hydrogen-bond acceptors (Lipinski definition) is 4. The van der Waals surface area contributed by atoms with Crippen molar-refractivity contribution in [2.24, 2.45) is 11.7 Å². The number of hydrogen-bond donors (Lipinski definition) is 2. The lowest BCUT2D eigenvalue weighted by Crippen LogP contribution is -2.51. The first-order valence-corrected chi connectivity index (χ1v) is 7.65. The van der Waals surface area contributed by atoms with Crippen molar-refractivity contribution in [1.82, 2.24) is 4.98 Å². The Balaban J connectivity index is 1.85. The van der Waals surface area contributed by atoms with E-state index in [9.17, 15) is 9.90 Å². The van der Waals surface area contributed by atoms with Gasteiger partial charge in [-0.2, -0.15) is 0 Å². The van der Waals surface area contributed by atoms with E-state index in [0.29, 0.717) is 11.4 Å². The maximum atomic E-state index is 11.2. The molecule has 6 heteroatoms. The number of aliphatic carboxylic acids is 1. The zero-order valence-electron chi connectivity index (χ0n) is 10.5. The van der Waals surface area contributed by atoms with Crippen LogP contribution in [0.3, 0.4) is 0 Å². The van der Waals surface area contributed by atoms with Crippen molar-refractivity contribution in [1.29, 1.82) is 0 Å². The predicted octanol–water partition coefficient (Wildman–Crippen LogP) is 2.80. The SMILES string of the molecule is NC1(C(=O)O)CCCC1CCSc1ccc(Cl)cn1. The molecule has 0 spiro atoms. The molecule has 1 saturated carbocycles. The first kappa shape index (κ1) is 14.6. The molecule has 1 aromatic heterocycles. The van der Waals surface area contributed by atoms with Gasteiger partial charge in [-0.05, 0) is 43.1 Å². The number of aromatic nitrogens is 1. The molecule has 1 aliphatic carbocycles. The van der Waals surface area contributed by atoms with E-state index < -0.39 is 11.5 Å². The minimum Gasteiger partial charge on any atom is -0.480 e. The van der Waals surface area contributed by atoms with Crippen LogP contribution in [0.1, 0.15) is 25.7 Å². The van der Waals surface area contributed by atoms with E-state index in [2.05, 4.69) is 4.98 Å². The third-order valence-electron chi connectivity index (χ3n) is 3.69. The molecule has 0 radical (unpaired) electrons. The van der Waals surface area contributed by atoms with Gasteiger partial charge in [0, 0.05) is 6.20 Å².